The minimum Gasteiger partial charge on any atom is -0.335 e. The molecule has 0 aromatic rings. The summed E-state index contributed by atoms with van der Waals surface area (Å²) in [4.78, 5) is 33.8. The normalized spacial score (nSPS) is 13.9. The molecule has 0 spiro atoms. The summed E-state index contributed by atoms with van der Waals surface area (Å²) < 4.78 is 0. The molecule has 0 radical (unpaired) electrons. The van der Waals surface area contributed by atoms with Crippen molar-refractivity contribution in [3.63, 3.8) is 0 Å². The molecule has 1 aliphatic rings. The van der Waals surface area contributed by atoms with Gasteiger partial charge in [-0.3, -0.25) is 14.4 Å². The summed E-state index contributed by atoms with van der Waals surface area (Å²) in [6.07, 6.45) is 7.93. The summed E-state index contributed by atoms with van der Waals surface area (Å²) in [5.41, 5.74) is 0. The molecule has 1 aliphatic heterocycles. The van der Waals surface area contributed by atoms with Crippen molar-refractivity contribution in [1.29, 1.82) is 0 Å². The van der Waals surface area contributed by atoms with Gasteiger partial charge in [0.15, 0.2) is 0 Å². The average molecular weight is 293 g/mol. The van der Waals surface area contributed by atoms with Gasteiger partial charge in [-0.05, 0) is 31.2 Å². The summed E-state index contributed by atoms with van der Waals surface area (Å²) in [7, 11) is 0. The van der Waals surface area contributed by atoms with Gasteiger partial charge in [0.1, 0.15) is 0 Å². The third-order valence-corrected chi connectivity index (χ3v) is 2.73. The monoisotopic (exact) mass is 293 g/mol. The molecule has 1 heterocycles. The standard InChI is InChI=1S/C8H13NO.C7H10N2O2/c1-2-9-7-5-3-4-6-8(9)10;1-3-6(10)8-5-9-7(11)4-2/h2H,1,3-7H2;3-4H,1-2,5H2,(H,8,10)(H,9,11). The van der Waals surface area contributed by atoms with E-state index in [1.165, 1.54) is 6.42 Å². The van der Waals surface area contributed by atoms with E-state index in [0.717, 1.165) is 31.5 Å². The Morgan fingerprint density at radius 2 is 1.62 bits per heavy atom. The lowest BCUT2D eigenvalue weighted by Crippen LogP contribution is -2.35. The van der Waals surface area contributed by atoms with Crippen LogP contribution >= 0.6 is 0 Å². The Hall–Kier alpha value is -2.37. The van der Waals surface area contributed by atoms with Crippen LogP contribution in [0.4, 0.5) is 0 Å². The fourth-order valence-corrected chi connectivity index (χ4v) is 1.56. The summed E-state index contributed by atoms with van der Waals surface area (Å²) in [6.45, 7) is 11.0. The zero-order chi connectivity index (χ0) is 16.1. The van der Waals surface area contributed by atoms with Crippen molar-refractivity contribution in [3.8, 4) is 0 Å². The highest BCUT2D eigenvalue weighted by atomic mass is 16.2. The average Bonchev–Trinajstić information content (AvgIpc) is 2.71. The summed E-state index contributed by atoms with van der Waals surface area (Å²) in [5, 5.41) is 4.72. The number of likely N-dealkylation sites (tertiary alicyclic amines) is 1. The first-order chi connectivity index (χ1) is 10.0. The first-order valence-electron chi connectivity index (χ1n) is 6.77. The number of hydrogen-bond acceptors (Lipinski definition) is 3. The van der Waals surface area contributed by atoms with Gasteiger partial charge >= 0.3 is 0 Å². The maximum Gasteiger partial charge on any atom is 0.244 e. The second-order valence-corrected chi connectivity index (χ2v) is 4.25. The van der Waals surface area contributed by atoms with Gasteiger partial charge in [-0.2, -0.15) is 0 Å². The fourth-order valence-electron chi connectivity index (χ4n) is 1.56. The van der Waals surface area contributed by atoms with E-state index in [0.29, 0.717) is 6.42 Å². The van der Waals surface area contributed by atoms with Gasteiger partial charge < -0.3 is 15.5 Å². The molecule has 0 aliphatic carbocycles. The lowest BCUT2D eigenvalue weighted by atomic mass is 10.2. The Morgan fingerprint density at radius 3 is 2.10 bits per heavy atom. The number of rotatable bonds is 5. The van der Waals surface area contributed by atoms with Gasteiger partial charge in [0.2, 0.25) is 17.7 Å². The summed E-state index contributed by atoms with van der Waals surface area (Å²) in [5.74, 6) is -0.420. The molecule has 0 aromatic carbocycles. The van der Waals surface area contributed by atoms with E-state index in [4.69, 9.17) is 0 Å². The van der Waals surface area contributed by atoms with Crippen LogP contribution in [0.2, 0.25) is 0 Å². The predicted octanol–water partition coefficient (Wildman–Crippen LogP) is 1.08. The lowest BCUT2D eigenvalue weighted by Gasteiger charge is -2.13. The molecule has 0 unspecified atom stereocenters. The van der Waals surface area contributed by atoms with E-state index in [1.807, 2.05) is 0 Å². The van der Waals surface area contributed by atoms with E-state index in [9.17, 15) is 14.4 Å². The van der Waals surface area contributed by atoms with Crippen LogP contribution < -0.4 is 10.6 Å². The van der Waals surface area contributed by atoms with E-state index >= 15 is 0 Å². The van der Waals surface area contributed by atoms with Gasteiger partial charge in [0.25, 0.3) is 0 Å². The Morgan fingerprint density at radius 1 is 1.05 bits per heavy atom. The number of nitrogens with zero attached hydrogens (tertiary/aromatic N) is 1. The minimum absolute atomic E-state index is 0.0930. The van der Waals surface area contributed by atoms with Crippen LogP contribution in [0.3, 0.4) is 0 Å². The lowest BCUT2D eigenvalue weighted by molar-refractivity contribution is -0.128. The molecule has 0 saturated carbocycles. The van der Waals surface area contributed by atoms with Crippen LogP contribution in [0.25, 0.3) is 0 Å². The fraction of sp³-hybridized carbons (Fsp3) is 0.400. The molecular weight excluding hydrogens is 270 g/mol. The molecule has 6 heteroatoms. The largest absolute Gasteiger partial charge is 0.335 e. The van der Waals surface area contributed by atoms with Crippen LogP contribution in [0.15, 0.2) is 38.1 Å². The van der Waals surface area contributed by atoms with Crippen molar-refractivity contribution < 1.29 is 14.4 Å². The van der Waals surface area contributed by atoms with Crippen molar-refractivity contribution in [1.82, 2.24) is 15.5 Å². The zero-order valence-corrected chi connectivity index (χ0v) is 12.3. The quantitative estimate of drug-likeness (QED) is 0.588. The maximum absolute atomic E-state index is 11.1. The Kier molecular flexibility index (Phi) is 10.2. The SMILES string of the molecule is C=CC(=O)NCNC(=O)C=C.C=CN1CCCCCC1=O. The highest BCUT2D eigenvalue weighted by Crippen LogP contribution is 2.10. The molecule has 0 atom stereocenters. The van der Waals surface area contributed by atoms with Crippen molar-refractivity contribution in [2.45, 2.75) is 25.7 Å². The third kappa shape index (κ3) is 9.21. The Labute approximate surface area is 125 Å². The zero-order valence-electron chi connectivity index (χ0n) is 12.3. The topological polar surface area (TPSA) is 78.5 Å². The van der Waals surface area contributed by atoms with Gasteiger partial charge in [0.05, 0.1) is 6.67 Å². The number of carbonyl (C=O) groups is 3. The van der Waals surface area contributed by atoms with Crippen LogP contribution in [-0.4, -0.2) is 35.8 Å². The molecule has 1 saturated heterocycles. The Balaban J connectivity index is 0.000000382. The van der Waals surface area contributed by atoms with Crippen molar-refractivity contribution in [2.75, 3.05) is 13.2 Å². The van der Waals surface area contributed by atoms with E-state index < -0.39 is 0 Å². The van der Waals surface area contributed by atoms with Crippen LogP contribution in [0.1, 0.15) is 25.7 Å². The predicted molar refractivity (Wildman–Crippen MR) is 81.9 cm³/mol. The number of hydrogen-bond donors (Lipinski definition) is 2. The van der Waals surface area contributed by atoms with Gasteiger partial charge in [-0.15, -0.1) is 0 Å². The molecule has 0 aromatic heterocycles. The van der Waals surface area contributed by atoms with E-state index in [2.05, 4.69) is 30.4 Å². The van der Waals surface area contributed by atoms with Crippen LogP contribution in [0.5, 0.6) is 0 Å². The van der Waals surface area contributed by atoms with Crippen molar-refractivity contribution >= 4 is 17.7 Å². The molecule has 1 rings (SSSR count). The first kappa shape index (κ1) is 18.6. The van der Waals surface area contributed by atoms with Crippen LogP contribution in [0, 0.1) is 0 Å². The van der Waals surface area contributed by atoms with Crippen molar-refractivity contribution in [3.05, 3.63) is 38.1 Å². The smallest absolute Gasteiger partial charge is 0.244 e. The molecule has 1 fully saturated rings. The highest BCUT2D eigenvalue weighted by molar-refractivity contribution is 5.89. The first-order valence-corrected chi connectivity index (χ1v) is 6.77. The number of nitrogens with one attached hydrogen (secondary N) is 2. The van der Waals surface area contributed by atoms with Crippen LogP contribution in [-0.2, 0) is 14.4 Å². The molecule has 2 N–H and O–H groups in total. The molecule has 6 nitrogen and oxygen atoms in total. The van der Waals surface area contributed by atoms with Gasteiger partial charge in [0, 0.05) is 13.0 Å². The second-order valence-electron chi connectivity index (χ2n) is 4.25. The maximum atomic E-state index is 11.1. The highest BCUT2D eigenvalue weighted by Gasteiger charge is 2.12. The summed E-state index contributed by atoms with van der Waals surface area (Å²) in [6, 6.07) is 0. The molecule has 116 valence electrons. The van der Waals surface area contributed by atoms with Gasteiger partial charge in [-0.1, -0.05) is 26.2 Å². The van der Waals surface area contributed by atoms with E-state index in [-0.39, 0.29) is 24.4 Å². The Bertz CT molecular complexity index is 385. The number of carbonyl (C=O) groups excluding carboxylic acids is 3. The molecule has 0 bridgehead atoms. The van der Waals surface area contributed by atoms with E-state index in [1.54, 1.807) is 11.1 Å². The molecular formula is C15H23N3O3. The number of amides is 3. The van der Waals surface area contributed by atoms with Gasteiger partial charge in [-0.25, -0.2) is 0 Å². The second kappa shape index (κ2) is 11.5. The van der Waals surface area contributed by atoms with Crippen molar-refractivity contribution in [2.24, 2.45) is 0 Å². The third-order valence-electron chi connectivity index (χ3n) is 2.73. The summed E-state index contributed by atoms with van der Waals surface area (Å²) >= 11 is 0. The molecule has 21 heavy (non-hydrogen) atoms. The minimum atomic E-state index is -0.325. The molecule has 3 amide bonds.